The van der Waals surface area contributed by atoms with Gasteiger partial charge in [0.1, 0.15) is 5.75 Å². The molecular weight excluding hydrogens is 410 g/mol. The number of hydrogen-bond acceptors (Lipinski definition) is 4. The van der Waals surface area contributed by atoms with Gasteiger partial charge in [-0.1, -0.05) is 29.8 Å². The van der Waals surface area contributed by atoms with Gasteiger partial charge in [-0.25, -0.2) is 4.98 Å². The number of carbonyl (C=O) groups is 1. The van der Waals surface area contributed by atoms with Gasteiger partial charge in [0.05, 0.1) is 23.4 Å². The number of fused-ring (bicyclic) bond motifs is 1. The Morgan fingerprint density at radius 2 is 2.00 bits per heavy atom. The highest BCUT2D eigenvalue weighted by Gasteiger charge is 2.22. The summed E-state index contributed by atoms with van der Waals surface area (Å²) in [6.45, 7) is 6.47. The summed E-state index contributed by atoms with van der Waals surface area (Å²) in [5.41, 5.74) is 3.88. The summed E-state index contributed by atoms with van der Waals surface area (Å²) < 4.78 is 5.65. The van der Waals surface area contributed by atoms with Crippen molar-refractivity contribution in [1.29, 1.82) is 0 Å². The first-order valence-corrected chi connectivity index (χ1v) is 11.2. The fourth-order valence-electron chi connectivity index (χ4n) is 4.07. The lowest BCUT2D eigenvalue weighted by atomic mass is 10.00. The first-order chi connectivity index (χ1) is 15.0. The summed E-state index contributed by atoms with van der Waals surface area (Å²) in [5.74, 6) is 0.716. The molecule has 3 aromatic rings. The smallest absolute Gasteiger partial charge is 0.252 e. The average Bonchev–Trinajstić information content (AvgIpc) is 2.77. The minimum absolute atomic E-state index is 0.0640. The molecule has 0 unspecified atom stereocenters. The Labute approximate surface area is 188 Å². The second-order valence-corrected chi connectivity index (χ2v) is 8.54. The molecule has 5 nitrogen and oxygen atoms in total. The van der Waals surface area contributed by atoms with Crippen LogP contribution in [0.15, 0.2) is 42.5 Å². The van der Waals surface area contributed by atoms with Gasteiger partial charge in [-0.05, 0) is 76.7 Å². The molecule has 4 rings (SSSR count). The number of piperidine rings is 1. The van der Waals surface area contributed by atoms with Crippen molar-refractivity contribution in [2.75, 3.05) is 26.7 Å². The first-order valence-electron chi connectivity index (χ1n) is 10.8. The minimum atomic E-state index is -0.0640. The number of nitrogens with one attached hydrogen (secondary N) is 1. The van der Waals surface area contributed by atoms with Gasteiger partial charge < -0.3 is 15.0 Å². The summed E-state index contributed by atoms with van der Waals surface area (Å²) in [6.07, 6.45) is 1.92. The maximum Gasteiger partial charge on any atom is 0.252 e. The number of rotatable bonds is 5. The summed E-state index contributed by atoms with van der Waals surface area (Å²) in [5, 5.41) is 4.70. The fraction of sp³-hybridized carbons (Fsp3) is 0.360. The standard InChI is InChI=1S/C25H28ClN3O2/c1-4-31-19-7-5-6-17(14-19)23-15-21(20-8-9-22(26)16(2)24(20)28-23)25(30)27-18-10-12-29(3)13-11-18/h5-9,14-15,18H,4,10-13H2,1-3H3,(H,27,30). The second-order valence-electron chi connectivity index (χ2n) is 8.14. The Bertz CT molecular complexity index is 1110. The quantitative estimate of drug-likeness (QED) is 0.604. The van der Waals surface area contributed by atoms with Crippen LogP contribution in [-0.2, 0) is 0 Å². The third-order valence-corrected chi connectivity index (χ3v) is 6.32. The number of nitrogens with zero attached hydrogens (tertiary/aromatic N) is 2. The highest BCUT2D eigenvalue weighted by atomic mass is 35.5. The van der Waals surface area contributed by atoms with Gasteiger partial charge in [-0.2, -0.15) is 0 Å². The van der Waals surface area contributed by atoms with E-state index in [9.17, 15) is 4.79 Å². The van der Waals surface area contributed by atoms with E-state index in [1.54, 1.807) is 0 Å². The number of ether oxygens (including phenoxy) is 1. The molecule has 0 radical (unpaired) electrons. The van der Waals surface area contributed by atoms with E-state index in [0.29, 0.717) is 17.2 Å². The maximum absolute atomic E-state index is 13.3. The number of pyridine rings is 1. The second kappa shape index (κ2) is 9.25. The van der Waals surface area contributed by atoms with Crippen LogP contribution in [0, 0.1) is 6.92 Å². The van der Waals surface area contributed by atoms with Crippen molar-refractivity contribution in [3.8, 4) is 17.0 Å². The molecule has 1 saturated heterocycles. The summed E-state index contributed by atoms with van der Waals surface area (Å²) in [4.78, 5) is 20.5. The van der Waals surface area contributed by atoms with Crippen molar-refractivity contribution >= 4 is 28.4 Å². The Morgan fingerprint density at radius 3 is 2.74 bits per heavy atom. The summed E-state index contributed by atoms with van der Waals surface area (Å²) in [6, 6.07) is 13.6. The van der Waals surface area contributed by atoms with Gasteiger partial charge in [0.15, 0.2) is 0 Å². The molecule has 6 heteroatoms. The summed E-state index contributed by atoms with van der Waals surface area (Å²) >= 11 is 6.39. The van der Waals surface area contributed by atoms with Crippen molar-refractivity contribution in [2.45, 2.75) is 32.7 Å². The maximum atomic E-state index is 13.3. The van der Waals surface area contributed by atoms with E-state index in [2.05, 4.69) is 17.3 Å². The molecule has 0 atom stereocenters. The van der Waals surface area contributed by atoms with E-state index in [0.717, 1.165) is 59.4 Å². The third-order valence-electron chi connectivity index (χ3n) is 5.91. The van der Waals surface area contributed by atoms with Gasteiger partial charge in [0.25, 0.3) is 5.91 Å². The van der Waals surface area contributed by atoms with Gasteiger partial charge in [-0.3, -0.25) is 4.79 Å². The van der Waals surface area contributed by atoms with Gasteiger partial charge in [-0.15, -0.1) is 0 Å². The number of aryl methyl sites for hydroxylation is 1. The average molecular weight is 438 g/mol. The van der Waals surface area contributed by atoms with E-state index in [-0.39, 0.29) is 11.9 Å². The molecule has 2 heterocycles. The van der Waals surface area contributed by atoms with Gasteiger partial charge in [0, 0.05) is 22.0 Å². The van der Waals surface area contributed by atoms with Crippen molar-refractivity contribution in [1.82, 2.24) is 15.2 Å². The molecule has 0 saturated carbocycles. The van der Waals surface area contributed by atoms with Crippen LogP contribution in [0.25, 0.3) is 22.2 Å². The van der Waals surface area contributed by atoms with Crippen molar-refractivity contribution in [2.24, 2.45) is 0 Å². The normalized spacial score (nSPS) is 15.2. The van der Waals surface area contributed by atoms with Crippen LogP contribution in [0.1, 0.15) is 35.7 Å². The topological polar surface area (TPSA) is 54.5 Å². The van der Waals surface area contributed by atoms with Crippen LogP contribution >= 0.6 is 11.6 Å². The molecular formula is C25H28ClN3O2. The van der Waals surface area contributed by atoms with Gasteiger partial charge >= 0.3 is 0 Å². The van der Waals surface area contributed by atoms with Crippen LogP contribution in [0.3, 0.4) is 0 Å². The molecule has 0 aliphatic carbocycles. The van der Waals surface area contributed by atoms with E-state index >= 15 is 0 Å². The molecule has 2 aromatic carbocycles. The number of halogens is 1. The van der Waals surface area contributed by atoms with Crippen LogP contribution in [0.4, 0.5) is 0 Å². The zero-order valence-electron chi connectivity index (χ0n) is 18.2. The predicted molar refractivity (Wildman–Crippen MR) is 126 cm³/mol. The van der Waals surface area contributed by atoms with Crippen LogP contribution in [0.5, 0.6) is 5.75 Å². The monoisotopic (exact) mass is 437 g/mol. The lowest BCUT2D eigenvalue weighted by molar-refractivity contribution is 0.0918. The van der Waals surface area contributed by atoms with Crippen molar-refractivity contribution in [3.05, 3.63) is 58.6 Å². The third kappa shape index (κ3) is 4.68. The highest BCUT2D eigenvalue weighted by Crippen LogP contribution is 2.31. The van der Waals surface area contributed by atoms with E-state index in [1.165, 1.54) is 0 Å². The molecule has 1 amide bonds. The van der Waals surface area contributed by atoms with E-state index in [1.807, 2.05) is 56.3 Å². The zero-order valence-corrected chi connectivity index (χ0v) is 19.0. The van der Waals surface area contributed by atoms with Crippen molar-refractivity contribution < 1.29 is 9.53 Å². The van der Waals surface area contributed by atoms with Gasteiger partial charge in [0.2, 0.25) is 0 Å². The number of likely N-dealkylation sites (tertiary alicyclic amines) is 1. The molecule has 1 fully saturated rings. The molecule has 0 spiro atoms. The molecule has 31 heavy (non-hydrogen) atoms. The number of aromatic nitrogens is 1. The first kappa shape index (κ1) is 21.6. The predicted octanol–water partition coefficient (Wildman–Crippen LogP) is 5.09. The largest absolute Gasteiger partial charge is 0.494 e. The van der Waals surface area contributed by atoms with Crippen LogP contribution in [0.2, 0.25) is 5.02 Å². The number of carbonyl (C=O) groups excluding carboxylic acids is 1. The number of hydrogen-bond donors (Lipinski definition) is 1. The molecule has 1 aromatic heterocycles. The fourth-order valence-corrected chi connectivity index (χ4v) is 4.22. The number of amides is 1. The van der Waals surface area contributed by atoms with E-state index in [4.69, 9.17) is 21.3 Å². The number of benzene rings is 2. The molecule has 1 aliphatic rings. The lowest BCUT2D eigenvalue weighted by Crippen LogP contribution is -2.43. The Hall–Kier alpha value is -2.63. The molecule has 0 bridgehead atoms. The van der Waals surface area contributed by atoms with Crippen molar-refractivity contribution in [3.63, 3.8) is 0 Å². The van der Waals surface area contributed by atoms with E-state index < -0.39 is 0 Å². The molecule has 1 aliphatic heterocycles. The SMILES string of the molecule is CCOc1cccc(-c2cc(C(=O)NC3CCN(C)CC3)c3ccc(Cl)c(C)c3n2)c1. The zero-order chi connectivity index (χ0) is 22.0. The Kier molecular flexibility index (Phi) is 6.44. The molecule has 162 valence electrons. The lowest BCUT2D eigenvalue weighted by Gasteiger charge is -2.29. The molecule has 1 N–H and O–H groups in total. The Morgan fingerprint density at radius 1 is 1.23 bits per heavy atom. The minimum Gasteiger partial charge on any atom is -0.494 e. The Balaban J connectivity index is 1.77. The van der Waals surface area contributed by atoms with Crippen LogP contribution in [-0.4, -0.2) is 48.6 Å². The summed E-state index contributed by atoms with van der Waals surface area (Å²) in [7, 11) is 2.11. The highest BCUT2D eigenvalue weighted by molar-refractivity contribution is 6.32. The van der Waals surface area contributed by atoms with Crippen LogP contribution < -0.4 is 10.1 Å².